The quantitative estimate of drug-likeness (QED) is 0.239. The lowest BCUT2D eigenvalue weighted by molar-refractivity contribution is -0.138. The summed E-state index contributed by atoms with van der Waals surface area (Å²) in [6, 6.07) is 5.01. The smallest absolute Gasteiger partial charge is 0.248 e. The number of fused-ring (bicyclic) bond motifs is 3. The van der Waals surface area contributed by atoms with Crippen molar-refractivity contribution in [3.8, 4) is 11.3 Å². The summed E-state index contributed by atoms with van der Waals surface area (Å²) in [7, 11) is 2.14. The number of ketones is 1. The van der Waals surface area contributed by atoms with Crippen LogP contribution in [0.15, 0.2) is 41.4 Å². The van der Waals surface area contributed by atoms with Crippen molar-refractivity contribution in [2.24, 2.45) is 5.41 Å². The van der Waals surface area contributed by atoms with Crippen LogP contribution in [0.4, 0.5) is 5.82 Å². The summed E-state index contributed by atoms with van der Waals surface area (Å²) < 4.78 is 2.19. The van der Waals surface area contributed by atoms with Gasteiger partial charge < -0.3 is 15.1 Å². The van der Waals surface area contributed by atoms with Gasteiger partial charge in [-0.3, -0.25) is 24.0 Å². The van der Waals surface area contributed by atoms with Crippen LogP contribution in [-0.2, 0) is 22.6 Å². The van der Waals surface area contributed by atoms with E-state index in [0.29, 0.717) is 44.8 Å². The SMILES string of the molecule is CC(=O)c1nn(CC(=O)N2[C@H]3C[C@]4(C[C@@H]24)CN(C)CCCCCCc2ccc(Br)nc2NC3=O)c2cnc(-c3cnc(C)nc3)cc12. The number of carbonyl (C=O) groups excluding carboxylic acids is 3. The first-order valence-corrected chi connectivity index (χ1v) is 17.0. The number of Topliss-reactive ketones (excluding diaryl/α,β-unsaturated/α-hetero) is 1. The first-order chi connectivity index (χ1) is 22.6. The first kappa shape index (κ1) is 31.5. The number of nitrogens with one attached hydrogen (secondary N) is 1. The van der Waals surface area contributed by atoms with E-state index in [0.717, 1.165) is 57.2 Å². The summed E-state index contributed by atoms with van der Waals surface area (Å²) in [5.74, 6) is 0.537. The molecule has 1 N–H and O–H groups in total. The second-order valence-electron chi connectivity index (χ2n) is 13.3. The number of hydrogen-bond acceptors (Lipinski definition) is 9. The molecule has 2 amide bonds. The van der Waals surface area contributed by atoms with E-state index in [1.54, 1.807) is 34.2 Å². The van der Waals surface area contributed by atoms with Gasteiger partial charge >= 0.3 is 0 Å². The molecule has 0 aromatic carbocycles. The van der Waals surface area contributed by atoms with Crippen LogP contribution in [0.2, 0.25) is 0 Å². The average Bonchev–Trinajstić information content (AvgIpc) is 3.44. The lowest BCUT2D eigenvalue weighted by Crippen LogP contribution is -2.47. The number of nitrogens with zero attached hydrogens (tertiary/aromatic N) is 8. The van der Waals surface area contributed by atoms with E-state index in [2.05, 4.69) is 58.2 Å². The standard InChI is InChI=1S/C34H38BrN9O3/c1-20(45)31-24-12-25(23-15-36-21(2)37-16-23)38-17-27(24)43(41-31)18-30(46)44-26-13-34(14-28(34)44)19-42(3)11-7-5-4-6-8-22-9-10-29(35)39-32(22)40-33(26)47/h9-10,12,15-17,26,28H,4-8,11,13-14,18-19H2,1-3H3,(H,39,40,47)/t26-,28+,34-/m0/s1. The molecule has 2 fully saturated rings. The summed E-state index contributed by atoms with van der Waals surface area (Å²) in [6.45, 7) is 4.97. The predicted octanol–water partition coefficient (Wildman–Crippen LogP) is 4.60. The topological polar surface area (TPSA) is 139 Å². The van der Waals surface area contributed by atoms with Gasteiger partial charge in [0, 0.05) is 48.3 Å². The Balaban J connectivity index is 1.20. The maximum Gasteiger partial charge on any atom is 0.248 e. The number of pyridine rings is 2. The molecular formula is C34H38BrN9O3. The second kappa shape index (κ2) is 12.5. The Morgan fingerprint density at radius 3 is 2.64 bits per heavy atom. The molecule has 3 aliphatic rings. The maximum atomic E-state index is 14.3. The molecular weight excluding hydrogens is 662 g/mol. The largest absolute Gasteiger partial charge is 0.325 e. The van der Waals surface area contributed by atoms with Gasteiger partial charge in [-0.15, -0.1) is 0 Å². The molecule has 4 aromatic rings. The van der Waals surface area contributed by atoms with E-state index in [9.17, 15) is 14.4 Å². The van der Waals surface area contributed by atoms with Crippen LogP contribution in [0.5, 0.6) is 0 Å². The van der Waals surface area contributed by atoms with Crippen LogP contribution in [0.3, 0.4) is 0 Å². The highest BCUT2D eigenvalue weighted by Gasteiger charge is 2.67. The highest BCUT2D eigenvalue weighted by molar-refractivity contribution is 9.10. The number of amides is 2. The molecule has 1 spiro atoms. The van der Waals surface area contributed by atoms with E-state index < -0.39 is 6.04 Å². The van der Waals surface area contributed by atoms with Gasteiger partial charge in [-0.1, -0.05) is 18.9 Å². The van der Waals surface area contributed by atoms with E-state index in [1.165, 1.54) is 6.92 Å². The highest BCUT2D eigenvalue weighted by atomic mass is 79.9. The van der Waals surface area contributed by atoms with Gasteiger partial charge in [0.2, 0.25) is 11.8 Å². The zero-order chi connectivity index (χ0) is 32.9. The van der Waals surface area contributed by atoms with Gasteiger partial charge in [-0.2, -0.15) is 5.10 Å². The zero-order valence-corrected chi connectivity index (χ0v) is 28.5. The third-order valence-electron chi connectivity index (χ3n) is 9.85. The molecule has 47 heavy (non-hydrogen) atoms. The highest BCUT2D eigenvalue weighted by Crippen LogP contribution is 2.60. The van der Waals surface area contributed by atoms with Gasteiger partial charge in [0.1, 0.15) is 34.5 Å². The maximum absolute atomic E-state index is 14.3. The van der Waals surface area contributed by atoms with Gasteiger partial charge in [0.05, 0.1) is 17.4 Å². The molecule has 3 atom stereocenters. The lowest BCUT2D eigenvalue weighted by Gasteiger charge is -2.27. The molecule has 7 rings (SSSR count). The van der Waals surface area contributed by atoms with Crippen LogP contribution < -0.4 is 5.32 Å². The van der Waals surface area contributed by atoms with Crippen LogP contribution in [0.1, 0.15) is 67.3 Å². The van der Waals surface area contributed by atoms with Crippen molar-refractivity contribution in [1.29, 1.82) is 0 Å². The normalized spacial score (nSPS) is 23.4. The van der Waals surface area contributed by atoms with Crippen molar-refractivity contribution in [2.75, 3.05) is 25.5 Å². The van der Waals surface area contributed by atoms with Crippen molar-refractivity contribution >= 4 is 50.2 Å². The molecule has 2 bridgehead atoms. The minimum Gasteiger partial charge on any atom is -0.325 e. The molecule has 1 aliphatic carbocycles. The lowest BCUT2D eigenvalue weighted by atomic mass is 9.98. The van der Waals surface area contributed by atoms with Crippen molar-refractivity contribution in [3.05, 3.63) is 58.5 Å². The van der Waals surface area contributed by atoms with Gasteiger partial charge in [-0.25, -0.2) is 15.0 Å². The van der Waals surface area contributed by atoms with Crippen molar-refractivity contribution in [1.82, 2.24) is 39.5 Å². The Morgan fingerprint density at radius 1 is 1.06 bits per heavy atom. The molecule has 13 heteroatoms. The van der Waals surface area contributed by atoms with Crippen molar-refractivity contribution in [3.63, 3.8) is 0 Å². The summed E-state index contributed by atoms with van der Waals surface area (Å²) in [5, 5.41) is 8.28. The third kappa shape index (κ3) is 6.18. The Hall–Kier alpha value is -4.10. The average molecular weight is 701 g/mol. The Kier molecular flexibility index (Phi) is 8.37. The van der Waals surface area contributed by atoms with Crippen LogP contribution >= 0.6 is 15.9 Å². The molecule has 12 nitrogen and oxygen atoms in total. The fraction of sp³-hybridized carbons (Fsp3) is 0.471. The number of likely N-dealkylation sites (tertiary alicyclic amines) is 1. The summed E-state index contributed by atoms with van der Waals surface area (Å²) in [5.41, 5.74) is 3.01. The molecule has 6 heterocycles. The number of anilines is 1. The number of rotatable bonds is 4. The van der Waals surface area contributed by atoms with Crippen molar-refractivity contribution in [2.45, 2.75) is 77.4 Å². The zero-order valence-electron chi connectivity index (χ0n) is 26.9. The number of halogens is 1. The molecule has 1 saturated carbocycles. The molecule has 1 saturated heterocycles. The fourth-order valence-corrected chi connectivity index (χ4v) is 7.74. The number of carbonyl (C=O) groups is 3. The number of aromatic nitrogens is 6. The van der Waals surface area contributed by atoms with E-state index in [-0.39, 0.29) is 41.3 Å². The summed E-state index contributed by atoms with van der Waals surface area (Å²) in [6.07, 6.45) is 11.7. The molecule has 0 radical (unpaired) electrons. The Labute approximate surface area is 281 Å². The van der Waals surface area contributed by atoms with Gasteiger partial charge in [-0.05, 0) is 86.2 Å². The van der Waals surface area contributed by atoms with Crippen molar-refractivity contribution < 1.29 is 14.4 Å². The second-order valence-corrected chi connectivity index (χ2v) is 14.1. The Bertz CT molecular complexity index is 1880. The minimum atomic E-state index is -0.645. The fourth-order valence-electron chi connectivity index (χ4n) is 7.43. The predicted molar refractivity (Wildman–Crippen MR) is 180 cm³/mol. The molecule has 244 valence electrons. The molecule has 2 aliphatic heterocycles. The number of piperidine rings is 1. The third-order valence-corrected chi connectivity index (χ3v) is 10.3. The van der Waals surface area contributed by atoms with Crippen LogP contribution in [0.25, 0.3) is 22.2 Å². The van der Waals surface area contributed by atoms with Gasteiger partial charge in [0.25, 0.3) is 0 Å². The summed E-state index contributed by atoms with van der Waals surface area (Å²) in [4.78, 5) is 62.9. The van der Waals surface area contributed by atoms with E-state index in [1.807, 2.05) is 19.1 Å². The van der Waals surface area contributed by atoms with Gasteiger partial charge in [0.15, 0.2) is 5.78 Å². The van der Waals surface area contributed by atoms with E-state index >= 15 is 0 Å². The number of hydrogen-bond donors (Lipinski definition) is 1. The van der Waals surface area contributed by atoms with Crippen LogP contribution in [0, 0.1) is 12.3 Å². The van der Waals surface area contributed by atoms with Crippen LogP contribution in [-0.4, -0.2) is 89.3 Å². The first-order valence-electron chi connectivity index (χ1n) is 16.2. The Morgan fingerprint density at radius 2 is 1.85 bits per heavy atom. The monoisotopic (exact) mass is 699 g/mol. The molecule has 0 unspecified atom stereocenters. The summed E-state index contributed by atoms with van der Waals surface area (Å²) >= 11 is 3.46. The molecule has 4 aromatic heterocycles. The number of aryl methyl sites for hydroxylation is 2. The van der Waals surface area contributed by atoms with E-state index in [4.69, 9.17) is 0 Å². The minimum absolute atomic E-state index is 0.0450.